The zero-order valence-electron chi connectivity index (χ0n) is 13.0. The van der Waals surface area contributed by atoms with Gasteiger partial charge in [0.25, 0.3) is 5.91 Å². The first kappa shape index (κ1) is 15.6. The topological polar surface area (TPSA) is 76.1 Å². The molecular weight excluding hydrogens is 298 g/mol. The number of fused-ring (bicyclic) bond motifs is 1. The number of hydrogen-bond acceptors (Lipinski definition) is 4. The number of benzene rings is 1. The summed E-state index contributed by atoms with van der Waals surface area (Å²) in [5.41, 5.74) is 0.591. The molecule has 1 aromatic rings. The number of amides is 1. The molecule has 1 unspecified atom stereocenters. The van der Waals surface area contributed by atoms with Gasteiger partial charge in [-0.25, -0.2) is 0 Å². The molecule has 1 aromatic carbocycles. The van der Waals surface area contributed by atoms with Crippen LogP contribution in [0.1, 0.15) is 36.0 Å². The van der Waals surface area contributed by atoms with Crippen molar-refractivity contribution in [3.63, 3.8) is 0 Å². The summed E-state index contributed by atoms with van der Waals surface area (Å²) in [5.74, 6) is 0.746. The fourth-order valence-corrected chi connectivity index (χ4v) is 3.17. The third-order valence-electron chi connectivity index (χ3n) is 4.36. The Balaban J connectivity index is 1.66. The molecule has 6 heteroatoms. The second-order valence-corrected chi connectivity index (χ2v) is 6.05. The second kappa shape index (κ2) is 6.89. The van der Waals surface area contributed by atoms with Crippen LogP contribution in [0.15, 0.2) is 18.2 Å². The molecule has 1 N–H and O–H groups in total. The first-order valence-electron chi connectivity index (χ1n) is 8.04. The van der Waals surface area contributed by atoms with Crippen molar-refractivity contribution in [1.29, 1.82) is 0 Å². The van der Waals surface area contributed by atoms with Crippen LogP contribution in [0.2, 0.25) is 0 Å². The first-order chi connectivity index (χ1) is 11.1. The van der Waals surface area contributed by atoms with Gasteiger partial charge in [-0.05, 0) is 43.4 Å². The fourth-order valence-electron chi connectivity index (χ4n) is 3.17. The maximum absolute atomic E-state index is 12.7. The molecule has 2 aliphatic heterocycles. The molecule has 1 saturated heterocycles. The van der Waals surface area contributed by atoms with Crippen LogP contribution in [0, 0.1) is 5.92 Å². The van der Waals surface area contributed by atoms with Gasteiger partial charge < -0.3 is 19.5 Å². The molecule has 1 fully saturated rings. The van der Waals surface area contributed by atoms with E-state index in [1.807, 2.05) is 4.90 Å². The third kappa shape index (κ3) is 3.75. The second-order valence-electron chi connectivity index (χ2n) is 6.05. The molecule has 0 radical (unpaired) electrons. The van der Waals surface area contributed by atoms with Crippen LogP contribution in [-0.4, -0.2) is 48.2 Å². The Morgan fingerprint density at radius 2 is 2.00 bits per heavy atom. The van der Waals surface area contributed by atoms with Gasteiger partial charge in [-0.15, -0.1) is 0 Å². The maximum atomic E-state index is 12.7. The molecule has 6 nitrogen and oxygen atoms in total. The molecule has 0 bridgehead atoms. The largest absolute Gasteiger partial charge is 0.486 e. The van der Waals surface area contributed by atoms with Gasteiger partial charge in [0.2, 0.25) is 0 Å². The Morgan fingerprint density at radius 3 is 2.78 bits per heavy atom. The lowest BCUT2D eigenvalue weighted by molar-refractivity contribution is -0.137. The summed E-state index contributed by atoms with van der Waals surface area (Å²) < 4.78 is 11.0. The van der Waals surface area contributed by atoms with Crippen LogP contribution in [0.25, 0.3) is 0 Å². The summed E-state index contributed by atoms with van der Waals surface area (Å²) in [6.07, 6.45) is 2.69. The lowest BCUT2D eigenvalue weighted by Gasteiger charge is -2.33. The van der Waals surface area contributed by atoms with Crippen molar-refractivity contribution in [3.8, 4) is 11.5 Å². The van der Waals surface area contributed by atoms with Crippen LogP contribution >= 0.6 is 0 Å². The van der Waals surface area contributed by atoms with Gasteiger partial charge in [0.05, 0.1) is 0 Å². The SMILES string of the molecule is O=C(O)CCC1CCCN(C(=O)c2ccc3c(c2)OCCO3)C1. The summed E-state index contributed by atoms with van der Waals surface area (Å²) in [7, 11) is 0. The summed E-state index contributed by atoms with van der Waals surface area (Å²) in [6, 6.07) is 5.27. The van der Waals surface area contributed by atoms with Gasteiger partial charge >= 0.3 is 5.97 Å². The van der Waals surface area contributed by atoms with E-state index in [1.54, 1.807) is 18.2 Å². The number of nitrogens with zero attached hydrogens (tertiary/aromatic N) is 1. The number of carbonyl (C=O) groups excluding carboxylic acids is 1. The minimum atomic E-state index is -0.778. The van der Waals surface area contributed by atoms with Crippen molar-refractivity contribution in [3.05, 3.63) is 23.8 Å². The van der Waals surface area contributed by atoms with Gasteiger partial charge in [-0.2, -0.15) is 0 Å². The lowest BCUT2D eigenvalue weighted by Crippen LogP contribution is -2.40. The Kier molecular flexibility index (Phi) is 4.69. The fraction of sp³-hybridized carbons (Fsp3) is 0.529. The normalized spacial score (nSPS) is 20.2. The predicted molar refractivity (Wildman–Crippen MR) is 82.9 cm³/mol. The minimum absolute atomic E-state index is 0.0259. The summed E-state index contributed by atoms with van der Waals surface area (Å²) in [4.78, 5) is 25.2. The minimum Gasteiger partial charge on any atom is -0.486 e. The average molecular weight is 319 g/mol. The quantitative estimate of drug-likeness (QED) is 0.920. The van der Waals surface area contributed by atoms with Crippen molar-refractivity contribution in [2.75, 3.05) is 26.3 Å². The molecule has 2 heterocycles. The van der Waals surface area contributed by atoms with E-state index < -0.39 is 5.97 Å². The van der Waals surface area contributed by atoms with E-state index in [2.05, 4.69) is 0 Å². The Labute approximate surface area is 135 Å². The molecule has 0 aliphatic carbocycles. The summed E-state index contributed by atoms with van der Waals surface area (Å²) >= 11 is 0. The highest BCUT2D eigenvalue weighted by molar-refractivity contribution is 5.95. The van der Waals surface area contributed by atoms with E-state index in [4.69, 9.17) is 14.6 Å². The van der Waals surface area contributed by atoms with E-state index in [0.29, 0.717) is 43.2 Å². The number of carboxylic acid groups (broad SMARTS) is 1. The third-order valence-corrected chi connectivity index (χ3v) is 4.36. The number of rotatable bonds is 4. The van der Waals surface area contributed by atoms with Crippen molar-refractivity contribution in [1.82, 2.24) is 4.90 Å². The Morgan fingerprint density at radius 1 is 1.22 bits per heavy atom. The smallest absolute Gasteiger partial charge is 0.303 e. The molecule has 0 saturated carbocycles. The predicted octanol–water partition coefficient (Wildman–Crippen LogP) is 2.17. The molecule has 0 spiro atoms. The summed E-state index contributed by atoms with van der Waals surface area (Å²) in [5, 5.41) is 8.80. The number of piperidine rings is 1. The highest BCUT2D eigenvalue weighted by atomic mass is 16.6. The van der Waals surface area contributed by atoms with E-state index in [9.17, 15) is 9.59 Å². The molecule has 1 amide bonds. The molecule has 2 aliphatic rings. The van der Waals surface area contributed by atoms with E-state index in [0.717, 1.165) is 19.4 Å². The van der Waals surface area contributed by atoms with E-state index >= 15 is 0 Å². The lowest BCUT2D eigenvalue weighted by atomic mass is 9.93. The number of carbonyl (C=O) groups is 2. The van der Waals surface area contributed by atoms with Crippen molar-refractivity contribution in [2.24, 2.45) is 5.92 Å². The van der Waals surface area contributed by atoms with Crippen LogP contribution in [0.5, 0.6) is 11.5 Å². The molecule has 23 heavy (non-hydrogen) atoms. The average Bonchev–Trinajstić information content (AvgIpc) is 2.59. The van der Waals surface area contributed by atoms with Crippen LogP contribution in [0.4, 0.5) is 0 Å². The van der Waals surface area contributed by atoms with Gasteiger partial charge in [0, 0.05) is 25.1 Å². The molecular formula is C17H21NO5. The molecule has 3 rings (SSSR count). The van der Waals surface area contributed by atoms with Crippen molar-refractivity contribution >= 4 is 11.9 Å². The number of likely N-dealkylation sites (tertiary alicyclic amines) is 1. The zero-order chi connectivity index (χ0) is 16.2. The van der Waals surface area contributed by atoms with Crippen LogP contribution < -0.4 is 9.47 Å². The van der Waals surface area contributed by atoms with E-state index in [1.165, 1.54) is 0 Å². The molecule has 1 atom stereocenters. The number of ether oxygens (including phenoxy) is 2. The maximum Gasteiger partial charge on any atom is 0.303 e. The van der Waals surface area contributed by atoms with Gasteiger partial charge in [-0.3, -0.25) is 9.59 Å². The van der Waals surface area contributed by atoms with Crippen molar-refractivity contribution < 1.29 is 24.2 Å². The number of aliphatic carboxylic acids is 1. The van der Waals surface area contributed by atoms with Crippen LogP contribution in [0.3, 0.4) is 0 Å². The first-order valence-corrected chi connectivity index (χ1v) is 8.04. The monoisotopic (exact) mass is 319 g/mol. The van der Waals surface area contributed by atoms with E-state index in [-0.39, 0.29) is 18.2 Å². The highest BCUT2D eigenvalue weighted by Gasteiger charge is 2.25. The highest BCUT2D eigenvalue weighted by Crippen LogP contribution is 2.31. The Bertz CT molecular complexity index is 601. The number of hydrogen-bond donors (Lipinski definition) is 1. The Hall–Kier alpha value is -2.24. The van der Waals surface area contributed by atoms with Gasteiger partial charge in [0.1, 0.15) is 13.2 Å². The summed E-state index contributed by atoms with van der Waals surface area (Å²) in [6.45, 7) is 2.36. The van der Waals surface area contributed by atoms with Gasteiger partial charge in [-0.1, -0.05) is 0 Å². The van der Waals surface area contributed by atoms with Crippen LogP contribution in [-0.2, 0) is 4.79 Å². The standard InChI is InChI=1S/C17H21NO5/c19-16(20)6-3-12-2-1-7-18(11-12)17(21)13-4-5-14-15(10-13)23-9-8-22-14/h4-5,10,12H,1-3,6-9,11H2,(H,19,20). The van der Waals surface area contributed by atoms with Gasteiger partial charge in [0.15, 0.2) is 11.5 Å². The molecule has 0 aromatic heterocycles. The molecule has 124 valence electrons. The van der Waals surface area contributed by atoms with Crippen molar-refractivity contribution in [2.45, 2.75) is 25.7 Å². The zero-order valence-corrected chi connectivity index (χ0v) is 13.0. The number of carboxylic acids is 1.